The molecule has 0 aliphatic carbocycles. The van der Waals surface area contributed by atoms with E-state index in [1.165, 1.54) is 0 Å². The largest absolute Gasteiger partial charge is 0.481 e. The Bertz CT molecular complexity index is 407. The minimum Gasteiger partial charge on any atom is -0.481 e. The molecule has 1 rings (SSSR count). The molecule has 5 heteroatoms. The zero-order chi connectivity index (χ0) is 13.9. The van der Waals surface area contributed by atoms with Crippen molar-refractivity contribution in [2.45, 2.75) is 39.7 Å². The Morgan fingerprint density at radius 1 is 1.56 bits per heavy atom. The zero-order valence-corrected chi connectivity index (χ0v) is 11.8. The lowest BCUT2D eigenvalue weighted by molar-refractivity contribution is -0.141. The highest BCUT2D eigenvalue weighted by molar-refractivity contribution is 5.69. The third-order valence-electron chi connectivity index (χ3n) is 2.92. The number of hydrogen-bond donors (Lipinski definition) is 2. The molecule has 0 spiro atoms. The van der Waals surface area contributed by atoms with Gasteiger partial charge in [0, 0.05) is 29.8 Å². The second kappa shape index (κ2) is 5.52. The second-order valence-electron chi connectivity index (χ2n) is 5.96. The minimum absolute atomic E-state index is 0.0189. The number of carbonyl (C=O) groups is 1. The van der Waals surface area contributed by atoms with Gasteiger partial charge in [-0.25, -0.2) is 0 Å². The van der Waals surface area contributed by atoms with Gasteiger partial charge >= 0.3 is 5.97 Å². The quantitative estimate of drug-likeness (QED) is 0.840. The van der Waals surface area contributed by atoms with E-state index in [4.69, 9.17) is 5.11 Å². The fraction of sp³-hybridized carbons (Fsp3) is 0.692. The van der Waals surface area contributed by atoms with Crippen LogP contribution < -0.4 is 0 Å². The van der Waals surface area contributed by atoms with Crippen LogP contribution in [0.3, 0.4) is 0 Å². The highest BCUT2D eigenvalue weighted by Gasteiger charge is 2.21. The van der Waals surface area contributed by atoms with Crippen molar-refractivity contribution in [3.05, 3.63) is 17.5 Å². The number of carboxylic acids is 1. The monoisotopic (exact) mass is 253 g/mol. The molecule has 5 nitrogen and oxygen atoms in total. The minimum atomic E-state index is -0.759. The molecule has 0 aliphatic heterocycles. The van der Waals surface area contributed by atoms with Gasteiger partial charge in [-0.2, -0.15) is 5.10 Å². The van der Waals surface area contributed by atoms with E-state index in [0.29, 0.717) is 13.1 Å². The van der Waals surface area contributed by atoms with Gasteiger partial charge in [0.05, 0.1) is 12.1 Å². The molecule has 0 radical (unpaired) electrons. The number of nitrogens with one attached hydrogen (secondary N) is 1. The first-order valence-corrected chi connectivity index (χ1v) is 6.16. The van der Waals surface area contributed by atoms with Crippen molar-refractivity contribution < 1.29 is 9.90 Å². The summed E-state index contributed by atoms with van der Waals surface area (Å²) in [7, 11) is 1.93. The van der Waals surface area contributed by atoms with Crippen LogP contribution in [0.15, 0.2) is 6.20 Å². The molecular weight excluding hydrogens is 230 g/mol. The molecule has 0 aromatic carbocycles. The van der Waals surface area contributed by atoms with Crippen LogP contribution in [0.25, 0.3) is 0 Å². The van der Waals surface area contributed by atoms with Crippen LogP contribution in [0.4, 0.5) is 0 Å². The van der Waals surface area contributed by atoms with E-state index in [-0.39, 0.29) is 11.3 Å². The number of aromatic nitrogens is 2. The Labute approximate surface area is 108 Å². The molecule has 2 N–H and O–H groups in total. The summed E-state index contributed by atoms with van der Waals surface area (Å²) >= 11 is 0. The predicted octanol–water partition coefficient (Wildman–Crippen LogP) is 1.86. The summed E-state index contributed by atoms with van der Waals surface area (Å²) in [4.78, 5) is 12.8. The Morgan fingerprint density at radius 3 is 2.67 bits per heavy atom. The molecule has 0 amide bonds. The van der Waals surface area contributed by atoms with Gasteiger partial charge in [-0.1, -0.05) is 27.7 Å². The van der Waals surface area contributed by atoms with Crippen molar-refractivity contribution in [3.8, 4) is 0 Å². The number of H-pyrrole nitrogens is 1. The third-order valence-corrected chi connectivity index (χ3v) is 2.92. The van der Waals surface area contributed by atoms with E-state index < -0.39 is 5.97 Å². The molecule has 0 bridgehead atoms. The smallest absolute Gasteiger partial charge is 0.307 e. The van der Waals surface area contributed by atoms with Crippen LogP contribution in [0.2, 0.25) is 0 Å². The van der Waals surface area contributed by atoms with Gasteiger partial charge < -0.3 is 10.0 Å². The van der Waals surface area contributed by atoms with Gasteiger partial charge in [0.1, 0.15) is 0 Å². The lowest BCUT2D eigenvalue weighted by Crippen LogP contribution is -2.29. The predicted molar refractivity (Wildman–Crippen MR) is 70.4 cm³/mol. The summed E-state index contributed by atoms with van der Waals surface area (Å²) in [6.45, 7) is 9.35. The molecular formula is C13H23N3O2. The van der Waals surface area contributed by atoms with Crippen LogP contribution in [0.1, 0.15) is 39.0 Å². The van der Waals surface area contributed by atoms with Crippen LogP contribution in [0, 0.1) is 5.92 Å². The summed E-state index contributed by atoms with van der Waals surface area (Å²) in [5.74, 6) is -1.12. The van der Waals surface area contributed by atoms with Gasteiger partial charge in [-0.3, -0.25) is 9.89 Å². The van der Waals surface area contributed by atoms with Crippen molar-refractivity contribution in [2.75, 3.05) is 13.6 Å². The maximum Gasteiger partial charge on any atom is 0.307 e. The first-order valence-electron chi connectivity index (χ1n) is 6.16. The van der Waals surface area contributed by atoms with E-state index in [1.807, 2.05) is 18.1 Å². The Hall–Kier alpha value is -1.36. The van der Waals surface area contributed by atoms with Crippen molar-refractivity contribution in [3.63, 3.8) is 0 Å². The molecule has 1 aromatic rings. The van der Waals surface area contributed by atoms with Crippen molar-refractivity contribution >= 4 is 5.97 Å². The third kappa shape index (κ3) is 3.84. The average Bonchev–Trinajstić information content (AvgIpc) is 2.64. The SMILES string of the molecule is CC(CN(C)Cc1cn[nH]c1C(C)(C)C)C(=O)O. The zero-order valence-electron chi connectivity index (χ0n) is 11.8. The first-order chi connectivity index (χ1) is 8.21. The van der Waals surface area contributed by atoms with Gasteiger partial charge in [0.15, 0.2) is 0 Å². The highest BCUT2D eigenvalue weighted by Crippen LogP contribution is 2.24. The molecule has 1 aromatic heterocycles. The van der Waals surface area contributed by atoms with E-state index in [9.17, 15) is 4.79 Å². The number of carboxylic acid groups (broad SMARTS) is 1. The van der Waals surface area contributed by atoms with Gasteiger partial charge in [-0.05, 0) is 7.05 Å². The number of nitrogens with zero attached hydrogens (tertiary/aromatic N) is 2. The standard InChI is InChI=1S/C13H23N3O2/c1-9(12(17)18)7-16(5)8-10-6-14-15-11(10)13(2,3)4/h6,9H,7-8H2,1-5H3,(H,14,15)(H,17,18). The van der Waals surface area contributed by atoms with E-state index in [1.54, 1.807) is 6.92 Å². The van der Waals surface area contributed by atoms with Crippen LogP contribution in [-0.2, 0) is 16.8 Å². The van der Waals surface area contributed by atoms with E-state index in [2.05, 4.69) is 31.0 Å². The second-order valence-corrected chi connectivity index (χ2v) is 5.96. The molecule has 0 fully saturated rings. The lowest BCUT2D eigenvalue weighted by Gasteiger charge is -2.22. The summed E-state index contributed by atoms with van der Waals surface area (Å²) < 4.78 is 0. The molecule has 102 valence electrons. The maximum absolute atomic E-state index is 10.8. The Kier molecular flexibility index (Phi) is 4.51. The average molecular weight is 253 g/mol. The number of hydrogen-bond acceptors (Lipinski definition) is 3. The van der Waals surface area contributed by atoms with Crippen molar-refractivity contribution in [1.82, 2.24) is 15.1 Å². The fourth-order valence-electron chi connectivity index (χ4n) is 1.98. The maximum atomic E-state index is 10.8. The van der Waals surface area contributed by atoms with E-state index >= 15 is 0 Å². The summed E-state index contributed by atoms with van der Waals surface area (Å²) in [5, 5.41) is 16.0. The molecule has 1 unspecified atom stereocenters. The van der Waals surface area contributed by atoms with Gasteiger partial charge in [0.2, 0.25) is 0 Å². The molecule has 0 aliphatic rings. The molecule has 18 heavy (non-hydrogen) atoms. The topological polar surface area (TPSA) is 69.2 Å². The summed E-state index contributed by atoms with van der Waals surface area (Å²) in [5.41, 5.74) is 2.25. The highest BCUT2D eigenvalue weighted by atomic mass is 16.4. The summed E-state index contributed by atoms with van der Waals surface area (Å²) in [6.07, 6.45) is 1.82. The van der Waals surface area contributed by atoms with Crippen LogP contribution in [0.5, 0.6) is 0 Å². The molecule has 0 saturated heterocycles. The van der Waals surface area contributed by atoms with E-state index in [0.717, 1.165) is 11.3 Å². The van der Waals surface area contributed by atoms with Crippen molar-refractivity contribution in [2.24, 2.45) is 5.92 Å². The summed E-state index contributed by atoms with van der Waals surface area (Å²) in [6, 6.07) is 0. The molecule has 1 heterocycles. The van der Waals surface area contributed by atoms with Crippen molar-refractivity contribution in [1.29, 1.82) is 0 Å². The number of aliphatic carboxylic acids is 1. The molecule has 1 atom stereocenters. The Morgan fingerprint density at radius 2 is 2.17 bits per heavy atom. The van der Waals surface area contributed by atoms with Crippen LogP contribution >= 0.6 is 0 Å². The number of aromatic amines is 1. The fourth-order valence-corrected chi connectivity index (χ4v) is 1.98. The molecule has 0 saturated carbocycles. The Balaban J connectivity index is 2.68. The van der Waals surface area contributed by atoms with Gasteiger partial charge in [-0.15, -0.1) is 0 Å². The lowest BCUT2D eigenvalue weighted by atomic mass is 9.89. The normalized spacial score (nSPS) is 13.9. The number of rotatable bonds is 5. The van der Waals surface area contributed by atoms with Crippen LogP contribution in [-0.4, -0.2) is 39.8 Å². The van der Waals surface area contributed by atoms with Gasteiger partial charge in [0.25, 0.3) is 0 Å². The first kappa shape index (κ1) is 14.7.